The summed E-state index contributed by atoms with van der Waals surface area (Å²) < 4.78 is 1.90. The third-order valence-corrected chi connectivity index (χ3v) is 3.53. The van der Waals surface area contributed by atoms with Crippen molar-refractivity contribution in [2.45, 2.75) is 25.7 Å². The van der Waals surface area contributed by atoms with Crippen LogP contribution in [0.4, 0.5) is 0 Å². The average molecular weight is 249 g/mol. The normalized spacial score (nSPS) is 14.6. The van der Waals surface area contributed by atoms with Crippen LogP contribution in [0.1, 0.15) is 24.1 Å². The van der Waals surface area contributed by atoms with E-state index in [0.29, 0.717) is 5.02 Å². The molecule has 1 aromatic heterocycles. The fourth-order valence-electron chi connectivity index (χ4n) is 2.43. The first kappa shape index (κ1) is 10.7. The zero-order valence-corrected chi connectivity index (χ0v) is 10.1. The van der Waals surface area contributed by atoms with E-state index in [-0.39, 0.29) is 5.56 Å². The van der Waals surface area contributed by atoms with E-state index in [2.05, 4.69) is 5.10 Å². The Kier molecular flexibility index (Phi) is 2.56. The summed E-state index contributed by atoms with van der Waals surface area (Å²) in [4.78, 5) is 11.8. The molecule has 1 N–H and O–H groups in total. The summed E-state index contributed by atoms with van der Waals surface area (Å²) in [5, 5.41) is 3.61. The van der Waals surface area contributed by atoms with Crippen molar-refractivity contribution in [2.24, 2.45) is 0 Å². The average Bonchev–Trinajstić information content (AvgIpc) is 2.69. The highest BCUT2D eigenvalue weighted by molar-refractivity contribution is 6.30. The van der Waals surface area contributed by atoms with E-state index < -0.39 is 0 Å². The van der Waals surface area contributed by atoms with Crippen molar-refractivity contribution in [3.05, 3.63) is 50.9 Å². The molecule has 0 fully saturated rings. The van der Waals surface area contributed by atoms with Gasteiger partial charge in [-0.1, -0.05) is 11.6 Å². The Morgan fingerprint density at radius 1 is 1.12 bits per heavy atom. The van der Waals surface area contributed by atoms with Crippen LogP contribution in [0.25, 0.3) is 5.69 Å². The summed E-state index contributed by atoms with van der Waals surface area (Å²) in [5.41, 5.74) is 3.10. The predicted molar refractivity (Wildman–Crippen MR) is 68.0 cm³/mol. The molecule has 1 aliphatic carbocycles. The van der Waals surface area contributed by atoms with E-state index in [1.165, 1.54) is 0 Å². The molecular formula is C13H13ClN2O. The maximum Gasteiger partial charge on any atom is 0.267 e. The maximum absolute atomic E-state index is 11.8. The molecular weight excluding hydrogens is 236 g/mol. The molecule has 1 aromatic carbocycles. The Bertz CT molecular complexity index is 595. The number of H-pyrrole nitrogens is 1. The van der Waals surface area contributed by atoms with E-state index in [4.69, 9.17) is 11.6 Å². The monoisotopic (exact) mass is 248 g/mol. The van der Waals surface area contributed by atoms with Crippen molar-refractivity contribution >= 4 is 11.6 Å². The molecule has 0 saturated carbocycles. The second kappa shape index (κ2) is 4.08. The zero-order valence-electron chi connectivity index (χ0n) is 9.37. The number of fused-ring (bicyclic) bond motifs is 1. The molecule has 0 bridgehead atoms. The summed E-state index contributed by atoms with van der Waals surface area (Å²) in [6.07, 6.45) is 4.13. The van der Waals surface area contributed by atoms with E-state index in [1.807, 2.05) is 28.9 Å². The number of aromatic amines is 1. The summed E-state index contributed by atoms with van der Waals surface area (Å²) in [6.45, 7) is 0. The van der Waals surface area contributed by atoms with Gasteiger partial charge in [0.25, 0.3) is 5.56 Å². The van der Waals surface area contributed by atoms with Crippen LogP contribution in [0.15, 0.2) is 29.1 Å². The van der Waals surface area contributed by atoms with Gasteiger partial charge in [-0.25, -0.2) is 0 Å². The van der Waals surface area contributed by atoms with Crippen LogP contribution in [0, 0.1) is 0 Å². The summed E-state index contributed by atoms with van der Waals surface area (Å²) >= 11 is 5.87. The molecule has 0 spiro atoms. The second-order valence-corrected chi connectivity index (χ2v) is 4.82. The largest absolute Gasteiger partial charge is 0.268 e. The minimum atomic E-state index is 0.0506. The Balaban J connectivity index is 2.15. The van der Waals surface area contributed by atoms with Gasteiger partial charge in [-0.3, -0.25) is 14.6 Å². The van der Waals surface area contributed by atoms with Crippen LogP contribution in [0.2, 0.25) is 5.02 Å². The summed E-state index contributed by atoms with van der Waals surface area (Å²) in [6, 6.07) is 7.52. The van der Waals surface area contributed by atoms with Crippen molar-refractivity contribution < 1.29 is 0 Å². The van der Waals surface area contributed by atoms with Gasteiger partial charge in [-0.05, 0) is 49.9 Å². The fraction of sp³-hybridized carbons (Fsp3) is 0.308. The Hall–Kier alpha value is -1.48. The number of benzene rings is 1. The second-order valence-electron chi connectivity index (χ2n) is 4.39. The van der Waals surface area contributed by atoms with E-state index in [1.54, 1.807) is 0 Å². The van der Waals surface area contributed by atoms with Gasteiger partial charge in [0.15, 0.2) is 0 Å². The van der Waals surface area contributed by atoms with Crippen molar-refractivity contribution in [3.8, 4) is 5.69 Å². The lowest BCUT2D eigenvalue weighted by molar-refractivity contribution is 0.653. The van der Waals surface area contributed by atoms with Gasteiger partial charge in [0, 0.05) is 16.3 Å². The van der Waals surface area contributed by atoms with Crippen molar-refractivity contribution in [2.75, 3.05) is 0 Å². The molecule has 0 unspecified atom stereocenters. The Morgan fingerprint density at radius 3 is 2.59 bits per heavy atom. The molecule has 0 radical (unpaired) electrons. The fourth-order valence-corrected chi connectivity index (χ4v) is 2.55. The highest BCUT2D eigenvalue weighted by Crippen LogP contribution is 2.21. The first-order chi connectivity index (χ1) is 8.25. The van der Waals surface area contributed by atoms with Gasteiger partial charge in [-0.2, -0.15) is 0 Å². The van der Waals surface area contributed by atoms with Gasteiger partial charge in [-0.15, -0.1) is 0 Å². The minimum absolute atomic E-state index is 0.0506. The molecule has 3 nitrogen and oxygen atoms in total. The predicted octanol–water partition coefficient (Wildman–Crippen LogP) is 2.70. The smallest absolute Gasteiger partial charge is 0.267 e. The Labute approximate surface area is 104 Å². The quantitative estimate of drug-likeness (QED) is 0.828. The van der Waals surface area contributed by atoms with Crippen LogP contribution in [-0.4, -0.2) is 9.78 Å². The van der Waals surface area contributed by atoms with Crippen molar-refractivity contribution in [1.82, 2.24) is 9.78 Å². The minimum Gasteiger partial charge on any atom is -0.268 e. The number of hydrogen-bond donors (Lipinski definition) is 1. The molecule has 17 heavy (non-hydrogen) atoms. The number of nitrogens with one attached hydrogen (secondary N) is 1. The molecule has 4 heteroatoms. The van der Waals surface area contributed by atoms with Crippen LogP contribution < -0.4 is 5.56 Å². The van der Waals surface area contributed by atoms with Gasteiger partial charge >= 0.3 is 0 Å². The third-order valence-electron chi connectivity index (χ3n) is 3.28. The number of rotatable bonds is 1. The van der Waals surface area contributed by atoms with Crippen molar-refractivity contribution in [3.63, 3.8) is 0 Å². The lowest BCUT2D eigenvalue weighted by Crippen LogP contribution is -2.10. The van der Waals surface area contributed by atoms with Gasteiger partial charge < -0.3 is 0 Å². The SMILES string of the molecule is O=c1[nH]n(-c2ccc(Cl)cc2)c2c1CCCC2. The molecule has 0 aliphatic heterocycles. The van der Waals surface area contributed by atoms with Crippen LogP contribution >= 0.6 is 11.6 Å². The Morgan fingerprint density at radius 2 is 1.82 bits per heavy atom. The highest BCUT2D eigenvalue weighted by Gasteiger charge is 2.18. The van der Waals surface area contributed by atoms with E-state index >= 15 is 0 Å². The summed E-state index contributed by atoms with van der Waals surface area (Å²) in [7, 11) is 0. The van der Waals surface area contributed by atoms with Crippen LogP contribution in [0.5, 0.6) is 0 Å². The summed E-state index contributed by atoms with van der Waals surface area (Å²) in [5.74, 6) is 0. The molecule has 1 aliphatic rings. The number of hydrogen-bond acceptors (Lipinski definition) is 1. The van der Waals surface area contributed by atoms with Gasteiger partial charge in [0.05, 0.1) is 5.69 Å². The number of halogens is 1. The molecule has 88 valence electrons. The molecule has 0 atom stereocenters. The molecule has 3 rings (SSSR count). The van der Waals surface area contributed by atoms with E-state index in [0.717, 1.165) is 42.6 Å². The lowest BCUT2D eigenvalue weighted by atomic mass is 9.98. The highest BCUT2D eigenvalue weighted by atomic mass is 35.5. The van der Waals surface area contributed by atoms with Gasteiger partial charge in [0.1, 0.15) is 0 Å². The van der Waals surface area contributed by atoms with Crippen molar-refractivity contribution in [1.29, 1.82) is 0 Å². The molecule has 0 amide bonds. The number of nitrogens with zero attached hydrogens (tertiary/aromatic N) is 1. The zero-order chi connectivity index (χ0) is 11.8. The topological polar surface area (TPSA) is 37.8 Å². The standard InChI is InChI=1S/C13H13ClN2O/c14-9-5-7-10(8-6-9)16-12-4-2-1-3-11(12)13(17)15-16/h5-8H,1-4H2,(H,15,17). The van der Waals surface area contributed by atoms with Crippen LogP contribution in [-0.2, 0) is 12.8 Å². The van der Waals surface area contributed by atoms with Crippen LogP contribution in [0.3, 0.4) is 0 Å². The molecule has 2 aromatic rings. The number of aromatic nitrogens is 2. The van der Waals surface area contributed by atoms with E-state index in [9.17, 15) is 4.79 Å². The lowest BCUT2D eigenvalue weighted by Gasteiger charge is -2.13. The molecule has 1 heterocycles. The first-order valence-electron chi connectivity index (χ1n) is 5.84. The molecule has 0 saturated heterocycles. The third kappa shape index (κ3) is 1.80. The first-order valence-corrected chi connectivity index (χ1v) is 6.22. The van der Waals surface area contributed by atoms with Gasteiger partial charge in [0.2, 0.25) is 0 Å². The maximum atomic E-state index is 11.8.